The van der Waals surface area contributed by atoms with E-state index < -0.39 is 24.3 Å². The zero-order valence-corrected chi connectivity index (χ0v) is 12.1. The van der Waals surface area contributed by atoms with Crippen molar-refractivity contribution in [2.24, 2.45) is 0 Å². The Hall–Kier alpha value is -2.29. The van der Waals surface area contributed by atoms with Crippen LogP contribution in [0.5, 0.6) is 5.88 Å². The number of aryl methyl sites for hydroxylation is 1. The zero-order chi connectivity index (χ0) is 16.5. The molecule has 2 heterocycles. The summed E-state index contributed by atoms with van der Waals surface area (Å²) >= 11 is 0. The van der Waals surface area contributed by atoms with Crippen LogP contribution in [0.25, 0.3) is 5.70 Å². The lowest BCUT2D eigenvalue weighted by Gasteiger charge is -2.19. The van der Waals surface area contributed by atoms with E-state index in [1.165, 1.54) is 19.4 Å². The average molecular weight is 317 g/mol. The van der Waals surface area contributed by atoms with E-state index in [1.54, 1.807) is 25.1 Å². The molecule has 1 aliphatic rings. The number of aromatic nitrogens is 1. The molecule has 0 aromatic carbocycles. The van der Waals surface area contributed by atoms with E-state index in [9.17, 15) is 18.0 Å². The fourth-order valence-electron chi connectivity index (χ4n) is 2.08. The van der Waals surface area contributed by atoms with Crippen molar-refractivity contribution < 1.29 is 27.4 Å². The van der Waals surface area contributed by atoms with E-state index in [0.29, 0.717) is 16.8 Å². The van der Waals surface area contributed by atoms with Gasteiger partial charge in [-0.25, -0.2) is 15.2 Å². The topological polar surface area (TPSA) is 63.7 Å². The third kappa shape index (κ3) is 3.48. The first-order valence-corrected chi connectivity index (χ1v) is 6.23. The quantitative estimate of drug-likeness (QED) is 0.855. The van der Waals surface area contributed by atoms with Crippen molar-refractivity contribution >= 4 is 11.7 Å². The Morgan fingerprint density at radius 3 is 2.68 bits per heavy atom. The Bertz CT molecular complexity index is 616. The number of carbonyl (C=O) groups is 1. The fraction of sp³-hybridized carbons (Fsp3) is 0.385. The molecule has 0 aliphatic carbocycles. The number of methoxy groups -OCH3 is 1. The van der Waals surface area contributed by atoms with Gasteiger partial charge in [-0.3, -0.25) is 0 Å². The van der Waals surface area contributed by atoms with Crippen molar-refractivity contribution in [1.82, 2.24) is 15.4 Å². The molecule has 120 valence electrons. The van der Waals surface area contributed by atoms with Crippen molar-refractivity contribution in [3.05, 3.63) is 29.5 Å². The summed E-state index contributed by atoms with van der Waals surface area (Å²) in [5.74, 6) is -1.00. The van der Waals surface area contributed by atoms with E-state index in [4.69, 9.17) is 0 Å². The van der Waals surface area contributed by atoms with Crippen molar-refractivity contribution in [1.29, 1.82) is 0 Å². The standard InChI is InChI=1S/C13H14F3N3O3/c1-7-4-11(22-13(14,15)16)17-6-8(7)10-5-9(12(20)21-3)18-19(10)2/h4-6,9,18H,1-3H3. The highest BCUT2D eigenvalue weighted by molar-refractivity contribution is 5.83. The van der Waals surface area contributed by atoms with Crippen molar-refractivity contribution in [3.63, 3.8) is 0 Å². The molecule has 0 amide bonds. The summed E-state index contributed by atoms with van der Waals surface area (Å²) in [7, 11) is 2.94. The molecular weight excluding hydrogens is 303 g/mol. The third-order valence-corrected chi connectivity index (χ3v) is 3.06. The average Bonchev–Trinajstić information content (AvgIpc) is 2.78. The zero-order valence-electron chi connectivity index (χ0n) is 12.1. The number of pyridine rings is 1. The van der Waals surface area contributed by atoms with Crippen molar-refractivity contribution in [2.75, 3.05) is 14.2 Å². The van der Waals surface area contributed by atoms with Gasteiger partial charge in [-0.15, -0.1) is 13.2 Å². The van der Waals surface area contributed by atoms with E-state index in [2.05, 4.69) is 19.9 Å². The number of alkyl halides is 3. The summed E-state index contributed by atoms with van der Waals surface area (Å²) in [5.41, 5.74) is 4.58. The fourth-order valence-corrected chi connectivity index (χ4v) is 2.08. The number of carbonyl (C=O) groups excluding carboxylic acids is 1. The second kappa shape index (κ2) is 5.84. The van der Waals surface area contributed by atoms with Crippen LogP contribution >= 0.6 is 0 Å². The number of halogens is 3. The van der Waals surface area contributed by atoms with E-state index in [0.717, 1.165) is 0 Å². The number of rotatable bonds is 3. The Morgan fingerprint density at radius 1 is 1.45 bits per heavy atom. The Labute approximate surface area is 124 Å². The number of esters is 1. The smallest absolute Gasteiger partial charge is 0.468 e. The van der Waals surface area contributed by atoms with Gasteiger partial charge in [0, 0.05) is 24.9 Å². The highest BCUT2D eigenvalue weighted by Gasteiger charge is 2.32. The maximum absolute atomic E-state index is 12.2. The van der Waals surface area contributed by atoms with Crippen LogP contribution in [0.4, 0.5) is 13.2 Å². The normalized spacial score (nSPS) is 18.2. The van der Waals surface area contributed by atoms with Gasteiger partial charge in [-0.05, 0) is 18.6 Å². The van der Waals surface area contributed by atoms with Crippen molar-refractivity contribution in [3.8, 4) is 5.88 Å². The first-order chi connectivity index (χ1) is 10.2. The summed E-state index contributed by atoms with van der Waals surface area (Å²) in [4.78, 5) is 15.2. The van der Waals surface area contributed by atoms with Crippen LogP contribution in [0.2, 0.25) is 0 Å². The summed E-state index contributed by atoms with van der Waals surface area (Å²) in [6.45, 7) is 1.63. The first kappa shape index (κ1) is 16.1. The van der Waals surface area contributed by atoms with Gasteiger partial charge in [-0.1, -0.05) is 0 Å². The Kier molecular flexibility index (Phi) is 4.27. The minimum Gasteiger partial charge on any atom is -0.468 e. The van der Waals surface area contributed by atoms with Gasteiger partial charge in [0.2, 0.25) is 5.88 Å². The van der Waals surface area contributed by atoms with Crippen LogP contribution in [0.1, 0.15) is 11.1 Å². The van der Waals surface area contributed by atoms with Gasteiger partial charge in [0.05, 0.1) is 12.8 Å². The lowest BCUT2D eigenvalue weighted by molar-refractivity contribution is -0.276. The molecule has 0 spiro atoms. The SMILES string of the molecule is COC(=O)C1C=C(c2cnc(OC(F)(F)F)cc2C)N(C)N1. The number of hydrogen-bond acceptors (Lipinski definition) is 6. The molecule has 0 fully saturated rings. The summed E-state index contributed by atoms with van der Waals surface area (Å²) in [6.07, 6.45) is -1.91. The molecule has 22 heavy (non-hydrogen) atoms. The predicted molar refractivity (Wildman–Crippen MR) is 70.3 cm³/mol. The molecule has 0 radical (unpaired) electrons. The van der Waals surface area contributed by atoms with Gasteiger partial charge in [-0.2, -0.15) is 0 Å². The van der Waals surface area contributed by atoms with Gasteiger partial charge in [0.15, 0.2) is 0 Å². The molecule has 0 saturated heterocycles. The molecule has 0 saturated carbocycles. The van der Waals surface area contributed by atoms with Crippen LogP contribution in [0.3, 0.4) is 0 Å². The van der Waals surface area contributed by atoms with E-state index in [1.807, 2.05) is 0 Å². The van der Waals surface area contributed by atoms with Crippen LogP contribution in [-0.4, -0.2) is 42.5 Å². The van der Waals surface area contributed by atoms with Crippen molar-refractivity contribution in [2.45, 2.75) is 19.3 Å². The van der Waals surface area contributed by atoms with Gasteiger partial charge >= 0.3 is 12.3 Å². The number of hydrazine groups is 1. The second-order valence-electron chi connectivity index (χ2n) is 4.63. The van der Waals surface area contributed by atoms with Crippen LogP contribution in [-0.2, 0) is 9.53 Å². The summed E-state index contributed by atoms with van der Waals surface area (Å²) in [6, 6.07) is 0.527. The molecule has 1 atom stereocenters. The molecule has 1 unspecified atom stereocenters. The number of ether oxygens (including phenoxy) is 2. The third-order valence-electron chi connectivity index (χ3n) is 3.06. The molecule has 2 rings (SSSR count). The largest absolute Gasteiger partial charge is 0.574 e. The van der Waals surface area contributed by atoms with Gasteiger partial charge < -0.3 is 14.5 Å². The Morgan fingerprint density at radius 2 is 2.14 bits per heavy atom. The van der Waals surface area contributed by atoms with Crippen LogP contribution < -0.4 is 10.2 Å². The highest BCUT2D eigenvalue weighted by atomic mass is 19.4. The molecule has 0 bridgehead atoms. The van der Waals surface area contributed by atoms with E-state index >= 15 is 0 Å². The van der Waals surface area contributed by atoms with Crippen LogP contribution in [0, 0.1) is 6.92 Å². The molecule has 1 aromatic rings. The van der Waals surface area contributed by atoms with Crippen LogP contribution in [0.15, 0.2) is 18.3 Å². The predicted octanol–water partition coefficient (Wildman–Crippen LogP) is 1.62. The highest BCUT2D eigenvalue weighted by Crippen LogP contribution is 2.28. The summed E-state index contributed by atoms with van der Waals surface area (Å²) in [5, 5.41) is 1.58. The number of nitrogens with zero attached hydrogens (tertiary/aromatic N) is 2. The van der Waals surface area contributed by atoms with Gasteiger partial charge in [0.25, 0.3) is 0 Å². The maximum Gasteiger partial charge on any atom is 0.574 e. The maximum atomic E-state index is 12.2. The summed E-state index contributed by atoms with van der Waals surface area (Å²) < 4.78 is 44.9. The minimum absolute atomic E-state index is 0.468. The monoisotopic (exact) mass is 317 g/mol. The number of hydrogen-bond donors (Lipinski definition) is 1. The second-order valence-corrected chi connectivity index (χ2v) is 4.63. The lowest BCUT2D eigenvalue weighted by Crippen LogP contribution is -2.39. The van der Waals surface area contributed by atoms with E-state index in [-0.39, 0.29) is 0 Å². The Balaban J connectivity index is 2.28. The molecule has 6 nitrogen and oxygen atoms in total. The first-order valence-electron chi connectivity index (χ1n) is 6.23. The molecule has 1 aliphatic heterocycles. The van der Waals surface area contributed by atoms with Gasteiger partial charge in [0.1, 0.15) is 6.04 Å². The minimum atomic E-state index is -4.79. The number of nitrogens with one attached hydrogen (secondary N) is 1. The molecule has 1 aromatic heterocycles. The molecule has 9 heteroatoms. The molecule has 1 N–H and O–H groups in total. The lowest BCUT2D eigenvalue weighted by atomic mass is 10.1. The molecular formula is C13H14F3N3O3.